The molecule has 0 radical (unpaired) electrons. The molecule has 0 atom stereocenters. The van der Waals surface area contributed by atoms with Crippen LogP contribution in [0.3, 0.4) is 0 Å². The maximum Gasteiger partial charge on any atom is 0.344 e. The van der Waals surface area contributed by atoms with Gasteiger partial charge in [-0.3, -0.25) is 0 Å². The molecule has 3 heteroatoms. The summed E-state index contributed by atoms with van der Waals surface area (Å²) in [5.41, 5.74) is 2.70. The third-order valence-electron chi connectivity index (χ3n) is 3.18. The van der Waals surface area contributed by atoms with Gasteiger partial charge in [-0.05, 0) is 23.8 Å². The summed E-state index contributed by atoms with van der Waals surface area (Å²) in [5.74, 6) is 0.756. The Morgan fingerprint density at radius 3 is 2.58 bits per heavy atom. The first-order valence-electron chi connectivity index (χ1n) is 5.90. The molecule has 2 aromatic rings. The van der Waals surface area contributed by atoms with Gasteiger partial charge in [-0.15, -0.1) is 0 Å². The Morgan fingerprint density at radius 1 is 1.05 bits per heavy atom. The molecule has 0 N–H and O–H groups in total. The highest BCUT2D eigenvalue weighted by molar-refractivity contribution is 6.03. The molecule has 1 aliphatic rings. The Hall–Kier alpha value is -2.55. The zero-order valence-electron chi connectivity index (χ0n) is 10.5. The first-order valence-corrected chi connectivity index (χ1v) is 5.90. The standard InChI is InChI=1S/C16H12O3/c1-10-11-6-3-4-8-13(11)19-16(17)12-7-5-9-14(18-2)15(10)12/h3-9H,1H2,2H3. The predicted molar refractivity (Wildman–Crippen MR) is 72.5 cm³/mol. The third kappa shape index (κ3) is 1.71. The number of carbonyl (C=O) groups excluding carboxylic acids is 1. The molecule has 1 aliphatic heterocycles. The normalized spacial score (nSPS) is 13.1. The number of rotatable bonds is 1. The first-order chi connectivity index (χ1) is 9.22. The van der Waals surface area contributed by atoms with E-state index in [9.17, 15) is 4.79 Å². The van der Waals surface area contributed by atoms with Crippen molar-refractivity contribution < 1.29 is 14.3 Å². The lowest BCUT2D eigenvalue weighted by molar-refractivity contribution is 0.0735. The molecule has 0 spiro atoms. The Kier molecular flexibility index (Phi) is 2.60. The van der Waals surface area contributed by atoms with Crippen molar-refractivity contribution in [2.45, 2.75) is 0 Å². The van der Waals surface area contributed by atoms with Gasteiger partial charge in [0.15, 0.2) is 0 Å². The Morgan fingerprint density at radius 2 is 1.79 bits per heavy atom. The van der Waals surface area contributed by atoms with E-state index in [4.69, 9.17) is 9.47 Å². The van der Waals surface area contributed by atoms with Gasteiger partial charge < -0.3 is 9.47 Å². The van der Waals surface area contributed by atoms with Crippen LogP contribution in [0.15, 0.2) is 49.0 Å². The van der Waals surface area contributed by atoms with Crippen molar-refractivity contribution in [2.24, 2.45) is 0 Å². The lowest BCUT2D eigenvalue weighted by Crippen LogP contribution is -2.09. The minimum absolute atomic E-state index is 0.389. The molecule has 3 nitrogen and oxygen atoms in total. The summed E-state index contributed by atoms with van der Waals surface area (Å²) in [6, 6.07) is 12.7. The molecule has 0 unspecified atom stereocenters. The molecule has 0 aliphatic carbocycles. The zero-order chi connectivity index (χ0) is 13.4. The maximum atomic E-state index is 12.2. The van der Waals surface area contributed by atoms with E-state index in [1.807, 2.05) is 24.3 Å². The van der Waals surface area contributed by atoms with Crippen LogP contribution >= 0.6 is 0 Å². The van der Waals surface area contributed by atoms with Gasteiger partial charge in [0.2, 0.25) is 0 Å². The van der Waals surface area contributed by atoms with Crippen LogP contribution in [0.2, 0.25) is 0 Å². The van der Waals surface area contributed by atoms with E-state index in [1.165, 1.54) is 0 Å². The van der Waals surface area contributed by atoms with Gasteiger partial charge in [0.1, 0.15) is 11.5 Å². The SMILES string of the molecule is C=C1c2ccccc2OC(=O)c2cccc(OC)c21. The number of hydrogen-bond acceptors (Lipinski definition) is 3. The molecule has 0 saturated heterocycles. The molecule has 0 aromatic heterocycles. The van der Waals surface area contributed by atoms with Gasteiger partial charge in [0, 0.05) is 11.1 Å². The fraction of sp³-hybridized carbons (Fsp3) is 0.0625. The van der Waals surface area contributed by atoms with Gasteiger partial charge in [0.05, 0.1) is 12.7 Å². The Labute approximate surface area is 111 Å². The van der Waals surface area contributed by atoms with E-state index in [0.29, 0.717) is 22.6 Å². The maximum absolute atomic E-state index is 12.2. The highest BCUT2D eigenvalue weighted by Gasteiger charge is 2.26. The lowest BCUT2D eigenvalue weighted by Gasteiger charge is -2.11. The average molecular weight is 252 g/mol. The van der Waals surface area contributed by atoms with Crippen molar-refractivity contribution in [1.29, 1.82) is 0 Å². The Bertz CT molecular complexity index is 686. The largest absolute Gasteiger partial charge is 0.496 e. The van der Waals surface area contributed by atoms with Crippen LogP contribution in [0.5, 0.6) is 11.5 Å². The van der Waals surface area contributed by atoms with Gasteiger partial charge >= 0.3 is 5.97 Å². The molecule has 2 aromatic carbocycles. The van der Waals surface area contributed by atoms with E-state index in [-0.39, 0.29) is 5.97 Å². The highest BCUT2D eigenvalue weighted by atomic mass is 16.5. The predicted octanol–water partition coefficient (Wildman–Crippen LogP) is 3.29. The summed E-state index contributed by atoms with van der Waals surface area (Å²) in [6.07, 6.45) is 0. The quantitative estimate of drug-likeness (QED) is 0.577. The van der Waals surface area contributed by atoms with E-state index in [2.05, 4.69) is 6.58 Å². The number of para-hydroxylation sites is 1. The van der Waals surface area contributed by atoms with Crippen molar-refractivity contribution in [3.05, 3.63) is 65.7 Å². The van der Waals surface area contributed by atoms with Crippen LogP contribution in [-0.4, -0.2) is 13.1 Å². The fourth-order valence-corrected chi connectivity index (χ4v) is 2.28. The summed E-state index contributed by atoms with van der Waals surface area (Å²) in [7, 11) is 1.57. The third-order valence-corrected chi connectivity index (χ3v) is 3.18. The van der Waals surface area contributed by atoms with Gasteiger partial charge in [-0.2, -0.15) is 0 Å². The molecule has 19 heavy (non-hydrogen) atoms. The fourth-order valence-electron chi connectivity index (χ4n) is 2.28. The van der Waals surface area contributed by atoms with E-state index < -0.39 is 0 Å². The number of esters is 1. The van der Waals surface area contributed by atoms with E-state index >= 15 is 0 Å². The molecule has 3 rings (SSSR count). The smallest absolute Gasteiger partial charge is 0.344 e. The second-order valence-corrected chi connectivity index (χ2v) is 4.25. The molecule has 0 saturated carbocycles. The second kappa shape index (κ2) is 4.28. The van der Waals surface area contributed by atoms with Crippen LogP contribution in [-0.2, 0) is 0 Å². The average Bonchev–Trinajstić information content (AvgIpc) is 2.55. The number of ether oxygens (including phenoxy) is 2. The summed E-state index contributed by atoms with van der Waals surface area (Å²) in [4.78, 5) is 12.2. The molecule has 1 heterocycles. The molecule has 94 valence electrons. The van der Waals surface area contributed by atoms with Gasteiger partial charge in [0.25, 0.3) is 0 Å². The van der Waals surface area contributed by atoms with Crippen LogP contribution < -0.4 is 9.47 Å². The van der Waals surface area contributed by atoms with Crippen LogP contribution in [0.4, 0.5) is 0 Å². The topological polar surface area (TPSA) is 35.5 Å². The molecule has 0 fully saturated rings. The van der Waals surface area contributed by atoms with Crippen molar-refractivity contribution in [3.63, 3.8) is 0 Å². The first kappa shape index (κ1) is 11.5. The monoisotopic (exact) mass is 252 g/mol. The van der Waals surface area contributed by atoms with E-state index in [1.54, 1.807) is 25.3 Å². The van der Waals surface area contributed by atoms with Gasteiger partial charge in [-0.1, -0.05) is 30.8 Å². The number of benzene rings is 2. The summed E-state index contributed by atoms with van der Waals surface area (Å²) in [6.45, 7) is 4.09. The number of methoxy groups -OCH3 is 1. The second-order valence-electron chi connectivity index (χ2n) is 4.25. The van der Waals surface area contributed by atoms with Crippen molar-refractivity contribution >= 4 is 11.5 Å². The Balaban J connectivity index is 2.32. The van der Waals surface area contributed by atoms with E-state index in [0.717, 1.165) is 11.1 Å². The van der Waals surface area contributed by atoms with Crippen molar-refractivity contribution in [2.75, 3.05) is 7.11 Å². The van der Waals surface area contributed by atoms with Crippen LogP contribution in [0, 0.1) is 0 Å². The number of carbonyl (C=O) groups is 1. The lowest BCUT2D eigenvalue weighted by atomic mass is 9.95. The minimum Gasteiger partial charge on any atom is -0.496 e. The van der Waals surface area contributed by atoms with Crippen molar-refractivity contribution in [1.82, 2.24) is 0 Å². The van der Waals surface area contributed by atoms with Gasteiger partial charge in [-0.25, -0.2) is 4.79 Å². The molecule has 0 bridgehead atoms. The van der Waals surface area contributed by atoms with Crippen LogP contribution in [0.25, 0.3) is 5.57 Å². The number of fused-ring (bicyclic) bond motifs is 2. The minimum atomic E-state index is -0.389. The molecule has 0 amide bonds. The summed E-state index contributed by atoms with van der Waals surface area (Å²) in [5, 5.41) is 0. The summed E-state index contributed by atoms with van der Waals surface area (Å²) < 4.78 is 10.7. The van der Waals surface area contributed by atoms with Crippen molar-refractivity contribution in [3.8, 4) is 11.5 Å². The zero-order valence-corrected chi connectivity index (χ0v) is 10.5. The number of hydrogen-bond donors (Lipinski definition) is 0. The summed E-state index contributed by atoms with van der Waals surface area (Å²) >= 11 is 0. The van der Waals surface area contributed by atoms with Crippen LogP contribution in [0.1, 0.15) is 21.5 Å². The molecular weight excluding hydrogens is 240 g/mol. The highest BCUT2D eigenvalue weighted by Crippen LogP contribution is 2.39. The molecular formula is C16H12O3.